The fraction of sp³-hybridized carbons (Fsp3) is 0.571. The summed E-state index contributed by atoms with van der Waals surface area (Å²) in [5.41, 5.74) is 0. The zero-order valence-corrected chi connectivity index (χ0v) is 8.59. The smallest absolute Gasteiger partial charge is 0.376 e. The molecule has 0 fully saturated rings. The lowest BCUT2D eigenvalue weighted by Gasteiger charge is -1.98. The Kier molecular flexibility index (Phi) is 2.82. The third-order valence-corrected chi connectivity index (χ3v) is 2.12. The van der Waals surface area contributed by atoms with Gasteiger partial charge in [-0.15, -0.1) is 5.10 Å². The minimum atomic E-state index is -0.448. The quantitative estimate of drug-likeness (QED) is 0.521. The van der Waals surface area contributed by atoms with Crippen molar-refractivity contribution in [2.24, 2.45) is 14.1 Å². The molecule has 0 unspecified atom stereocenters. The van der Waals surface area contributed by atoms with Gasteiger partial charge in [0.15, 0.2) is 4.77 Å². The Balaban J connectivity index is 3.09. The average molecular weight is 201 g/mol. The monoisotopic (exact) mass is 201 g/mol. The fourth-order valence-corrected chi connectivity index (χ4v) is 1.06. The SMILES string of the molecule is CCOC(=O)c1nn(C)c(=S)n1C. The van der Waals surface area contributed by atoms with Gasteiger partial charge in [-0.1, -0.05) is 0 Å². The van der Waals surface area contributed by atoms with Gasteiger partial charge in [-0.3, -0.25) is 4.57 Å². The van der Waals surface area contributed by atoms with E-state index in [1.165, 1.54) is 9.25 Å². The van der Waals surface area contributed by atoms with Crippen LogP contribution in [-0.4, -0.2) is 26.9 Å². The molecule has 0 aliphatic heterocycles. The summed E-state index contributed by atoms with van der Waals surface area (Å²) in [4.78, 5) is 11.3. The van der Waals surface area contributed by atoms with Crippen molar-refractivity contribution in [3.05, 3.63) is 10.6 Å². The first-order chi connectivity index (χ1) is 6.07. The van der Waals surface area contributed by atoms with Gasteiger partial charge in [0.2, 0.25) is 5.82 Å². The molecule has 1 aromatic heterocycles. The van der Waals surface area contributed by atoms with Gasteiger partial charge < -0.3 is 4.74 Å². The van der Waals surface area contributed by atoms with Gasteiger partial charge in [0.05, 0.1) is 6.61 Å². The lowest BCUT2D eigenvalue weighted by atomic mass is 10.6. The highest BCUT2D eigenvalue weighted by molar-refractivity contribution is 7.71. The molecule has 5 nitrogen and oxygen atoms in total. The van der Waals surface area contributed by atoms with Crippen molar-refractivity contribution in [2.45, 2.75) is 6.92 Å². The fourth-order valence-electron chi connectivity index (χ4n) is 0.933. The Hall–Kier alpha value is -1.17. The first-order valence-electron chi connectivity index (χ1n) is 3.85. The highest BCUT2D eigenvalue weighted by Gasteiger charge is 2.14. The largest absolute Gasteiger partial charge is 0.460 e. The molecule has 1 rings (SSSR count). The first kappa shape index (κ1) is 9.91. The molecule has 0 saturated heterocycles. The van der Waals surface area contributed by atoms with Crippen molar-refractivity contribution < 1.29 is 9.53 Å². The highest BCUT2D eigenvalue weighted by atomic mass is 32.1. The minimum Gasteiger partial charge on any atom is -0.460 e. The van der Waals surface area contributed by atoms with E-state index in [4.69, 9.17) is 17.0 Å². The predicted octanol–water partition coefficient (Wildman–Crippen LogP) is 0.665. The number of aromatic nitrogens is 3. The number of carbonyl (C=O) groups excluding carboxylic acids is 1. The molecule has 1 heterocycles. The molecule has 1 aromatic rings. The molecule has 0 saturated carbocycles. The van der Waals surface area contributed by atoms with Crippen molar-refractivity contribution >= 4 is 18.2 Å². The molecule has 0 aliphatic rings. The van der Waals surface area contributed by atoms with Gasteiger partial charge >= 0.3 is 5.97 Å². The maximum Gasteiger partial charge on any atom is 0.376 e. The van der Waals surface area contributed by atoms with Crippen LogP contribution in [0.5, 0.6) is 0 Å². The van der Waals surface area contributed by atoms with E-state index in [0.717, 1.165) is 0 Å². The summed E-state index contributed by atoms with van der Waals surface area (Å²) in [7, 11) is 3.37. The Morgan fingerprint density at radius 2 is 2.23 bits per heavy atom. The lowest BCUT2D eigenvalue weighted by molar-refractivity contribution is 0.0506. The van der Waals surface area contributed by atoms with E-state index in [9.17, 15) is 4.79 Å². The van der Waals surface area contributed by atoms with Gasteiger partial charge in [-0.2, -0.15) is 0 Å². The van der Waals surface area contributed by atoms with E-state index in [1.54, 1.807) is 21.0 Å². The second kappa shape index (κ2) is 3.69. The Bertz CT molecular complexity index is 380. The van der Waals surface area contributed by atoms with E-state index >= 15 is 0 Å². The van der Waals surface area contributed by atoms with E-state index in [1.807, 2.05) is 0 Å². The van der Waals surface area contributed by atoms with Crippen LogP contribution in [-0.2, 0) is 18.8 Å². The van der Waals surface area contributed by atoms with Gasteiger partial charge in [0, 0.05) is 14.1 Å². The van der Waals surface area contributed by atoms with Crippen LogP contribution in [0.4, 0.5) is 0 Å². The summed E-state index contributed by atoms with van der Waals surface area (Å²) in [5, 5.41) is 3.93. The third-order valence-electron chi connectivity index (χ3n) is 1.58. The van der Waals surface area contributed by atoms with Crippen molar-refractivity contribution in [1.82, 2.24) is 14.3 Å². The number of rotatable bonds is 2. The maximum absolute atomic E-state index is 11.3. The summed E-state index contributed by atoms with van der Waals surface area (Å²) in [6.45, 7) is 2.08. The van der Waals surface area contributed by atoms with Gasteiger partial charge in [-0.05, 0) is 19.1 Å². The molecular weight excluding hydrogens is 190 g/mol. The van der Waals surface area contributed by atoms with E-state index in [0.29, 0.717) is 11.4 Å². The summed E-state index contributed by atoms with van der Waals surface area (Å²) < 4.78 is 8.27. The highest BCUT2D eigenvalue weighted by Crippen LogP contribution is 1.99. The van der Waals surface area contributed by atoms with Gasteiger partial charge in [-0.25, -0.2) is 9.48 Å². The molecule has 13 heavy (non-hydrogen) atoms. The molecule has 0 atom stereocenters. The van der Waals surface area contributed by atoms with Crippen molar-refractivity contribution in [3.63, 3.8) is 0 Å². The molecule has 0 spiro atoms. The Morgan fingerprint density at radius 1 is 1.62 bits per heavy atom. The summed E-state index contributed by atoms with van der Waals surface area (Å²) in [6.07, 6.45) is 0. The van der Waals surface area contributed by atoms with Crippen LogP contribution in [0.25, 0.3) is 0 Å². The number of nitrogens with zero attached hydrogens (tertiary/aromatic N) is 3. The molecule has 0 radical (unpaired) electrons. The van der Waals surface area contributed by atoms with Crippen LogP contribution in [0.15, 0.2) is 0 Å². The predicted molar refractivity (Wildman–Crippen MR) is 49.0 cm³/mol. The molecule has 6 heteroatoms. The average Bonchev–Trinajstić information content (AvgIpc) is 2.33. The van der Waals surface area contributed by atoms with E-state index in [-0.39, 0.29) is 5.82 Å². The molecular formula is C7H11N3O2S. The van der Waals surface area contributed by atoms with Crippen LogP contribution in [0, 0.1) is 4.77 Å². The molecule has 0 amide bonds. The third kappa shape index (κ3) is 1.77. The standard InChI is InChI=1S/C7H11N3O2S/c1-4-12-6(11)5-8-10(3)7(13)9(5)2/h4H2,1-3H3. The summed E-state index contributed by atoms with van der Waals surface area (Å²) >= 11 is 4.97. The first-order valence-corrected chi connectivity index (χ1v) is 4.26. The Labute approximate surface area is 80.9 Å². The van der Waals surface area contributed by atoms with Crippen molar-refractivity contribution in [3.8, 4) is 0 Å². The Morgan fingerprint density at radius 3 is 2.62 bits per heavy atom. The number of aryl methyl sites for hydroxylation is 1. The van der Waals surface area contributed by atoms with E-state index < -0.39 is 5.97 Å². The van der Waals surface area contributed by atoms with Crippen molar-refractivity contribution in [1.29, 1.82) is 0 Å². The number of hydrogen-bond donors (Lipinski definition) is 0. The normalized spacial score (nSPS) is 10.1. The second-order valence-corrected chi connectivity index (χ2v) is 2.87. The van der Waals surface area contributed by atoms with Crippen LogP contribution in [0.2, 0.25) is 0 Å². The molecule has 0 aliphatic carbocycles. The maximum atomic E-state index is 11.3. The number of ether oxygens (including phenoxy) is 1. The minimum absolute atomic E-state index is 0.231. The molecule has 0 bridgehead atoms. The van der Waals surface area contributed by atoms with Crippen LogP contribution in [0.3, 0.4) is 0 Å². The number of hydrogen-bond acceptors (Lipinski definition) is 4. The van der Waals surface area contributed by atoms with Crippen LogP contribution in [0.1, 0.15) is 17.5 Å². The number of carbonyl (C=O) groups is 1. The zero-order chi connectivity index (χ0) is 10.0. The molecule has 0 N–H and O–H groups in total. The molecule has 0 aromatic carbocycles. The lowest BCUT2D eigenvalue weighted by Crippen LogP contribution is -2.11. The van der Waals surface area contributed by atoms with Crippen molar-refractivity contribution in [2.75, 3.05) is 6.61 Å². The van der Waals surface area contributed by atoms with Gasteiger partial charge in [0.1, 0.15) is 0 Å². The summed E-state index contributed by atoms with van der Waals surface area (Å²) in [6, 6.07) is 0. The molecule has 72 valence electrons. The number of esters is 1. The van der Waals surface area contributed by atoms with E-state index in [2.05, 4.69) is 5.10 Å². The topological polar surface area (TPSA) is 49.0 Å². The van der Waals surface area contributed by atoms with Crippen LogP contribution < -0.4 is 0 Å². The summed E-state index contributed by atoms with van der Waals surface area (Å²) in [5.74, 6) is -0.217. The zero-order valence-electron chi connectivity index (χ0n) is 7.77. The van der Waals surface area contributed by atoms with Gasteiger partial charge in [0.25, 0.3) is 0 Å². The van der Waals surface area contributed by atoms with Crippen LogP contribution >= 0.6 is 12.2 Å². The second-order valence-electron chi connectivity index (χ2n) is 2.51.